The molecule has 0 aliphatic carbocycles. The minimum atomic E-state index is -0.759. The number of carbonyl (C=O) groups is 1. The summed E-state index contributed by atoms with van der Waals surface area (Å²) in [5.41, 5.74) is 2.02. The van der Waals surface area contributed by atoms with Gasteiger partial charge in [-0.25, -0.2) is 9.79 Å². The Balaban J connectivity index is 1.93. The van der Waals surface area contributed by atoms with Crippen LogP contribution in [-0.4, -0.2) is 37.5 Å². The molecule has 4 rings (SSSR count). The molecule has 8 nitrogen and oxygen atoms in total. The summed E-state index contributed by atoms with van der Waals surface area (Å²) < 4.78 is 24.3. The maximum absolute atomic E-state index is 13.8. The topological polar surface area (TPSA) is 88.4 Å². The van der Waals surface area contributed by atoms with E-state index in [1.165, 1.54) is 11.3 Å². The number of esters is 1. The molecule has 2 aromatic carbocycles. The molecule has 198 valence electrons. The molecule has 0 spiro atoms. The number of nitrogens with zero attached hydrogens (tertiary/aromatic N) is 2. The zero-order valence-corrected chi connectivity index (χ0v) is 22.7. The van der Waals surface area contributed by atoms with Crippen molar-refractivity contribution in [1.82, 2.24) is 4.57 Å². The molecule has 0 saturated heterocycles. The Bertz CT molecular complexity index is 1570. The summed E-state index contributed by atoms with van der Waals surface area (Å²) in [5, 5.41) is 0. The third kappa shape index (κ3) is 5.43. The van der Waals surface area contributed by atoms with Crippen LogP contribution in [0, 0.1) is 0 Å². The maximum Gasteiger partial charge on any atom is 0.338 e. The number of allylic oxidation sites excluding steroid dienone is 1. The van der Waals surface area contributed by atoms with Crippen molar-refractivity contribution in [2.45, 2.75) is 26.8 Å². The van der Waals surface area contributed by atoms with E-state index in [1.807, 2.05) is 37.3 Å². The molecule has 9 heteroatoms. The summed E-state index contributed by atoms with van der Waals surface area (Å²) in [4.78, 5) is 32.1. The Labute approximate surface area is 224 Å². The first-order valence-electron chi connectivity index (χ1n) is 12.3. The number of carbonyl (C=O) groups excluding carboxylic acids is 1. The van der Waals surface area contributed by atoms with Crippen LogP contribution in [0.2, 0.25) is 0 Å². The van der Waals surface area contributed by atoms with Gasteiger partial charge in [-0.05, 0) is 62.2 Å². The molecule has 0 N–H and O–H groups in total. The van der Waals surface area contributed by atoms with Gasteiger partial charge >= 0.3 is 5.97 Å². The fraction of sp³-hybridized carbons (Fsp3) is 0.276. The van der Waals surface area contributed by atoms with Crippen LogP contribution in [0.15, 0.2) is 76.2 Å². The smallest absolute Gasteiger partial charge is 0.338 e. The molecule has 0 fully saturated rings. The van der Waals surface area contributed by atoms with Gasteiger partial charge in [0.1, 0.15) is 12.4 Å². The normalized spacial score (nSPS) is 14.9. The first-order valence-corrected chi connectivity index (χ1v) is 13.1. The molecule has 1 aliphatic heterocycles. The fourth-order valence-corrected chi connectivity index (χ4v) is 5.27. The van der Waals surface area contributed by atoms with Crippen LogP contribution in [0.4, 0.5) is 0 Å². The Kier molecular flexibility index (Phi) is 8.48. The predicted octanol–water partition coefficient (Wildman–Crippen LogP) is 3.77. The molecule has 1 aromatic heterocycles. The highest BCUT2D eigenvalue weighted by molar-refractivity contribution is 7.07. The molecule has 0 amide bonds. The lowest BCUT2D eigenvalue weighted by Crippen LogP contribution is -2.40. The molecule has 3 aromatic rings. The molecule has 0 saturated carbocycles. The Morgan fingerprint density at radius 2 is 1.95 bits per heavy atom. The van der Waals surface area contributed by atoms with E-state index in [0.717, 1.165) is 5.56 Å². The quantitative estimate of drug-likeness (QED) is 0.291. The van der Waals surface area contributed by atoms with Crippen LogP contribution in [0.1, 0.15) is 37.9 Å². The van der Waals surface area contributed by atoms with Gasteiger partial charge in [0.2, 0.25) is 0 Å². The van der Waals surface area contributed by atoms with E-state index in [4.69, 9.17) is 18.9 Å². The molecular weight excluding hydrogens is 504 g/mol. The Hall–Kier alpha value is -4.11. The Morgan fingerprint density at radius 3 is 2.66 bits per heavy atom. The summed E-state index contributed by atoms with van der Waals surface area (Å²) >= 11 is 1.26. The van der Waals surface area contributed by atoms with E-state index in [9.17, 15) is 9.59 Å². The minimum Gasteiger partial charge on any atom is -0.497 e. The summed E-state index contributed by atoms with van der Waals surface area (Å²) in [5.74, 6) is 1.21. The van der Waals surface area contributed by atoms with Crippen molar-refractivity contribution >= 4 is 23.4 Å². The highest BCUT2D eigenvalue weighted by Gasteiger charge is 2.34. The van der Waals surface area contributed by atoms with Gasteiger partial charge in [0, 0.05) is 0 Å². The van der Waals surface area contributed by atoms with Crippen LogP contribution in [-0.2, 0) is 9.53 Å². The summed E-state index contributed by atoms with van der Waals surface area (Å²) in [7, 11) is 1.59. The molecule has 1 atom stereocenters. The van der Waals surface area contributed by atoms with Crippen LogP contribution >= 0.6 is 11.3 Å². The zero-order chi connectivity index (χ0) is 27.2. The van der Waals surface area contributed by atoms with Gasteiger partial charge in [0.25, 0.3) is 5.56 Å². The highest BCUT2D eigenvalue weighted by Crippen LogP contribution is 2.36. The first kappa shape index (κ1) is 26.9. The van der Waals surface area contributed by atoms with Crippen molar-refractivity contribution in [3.05, 3.63) is 97.2 Å². The van der Waals surface area contributed by atoms with E-state index < -0.39 is 12.0 Å². The number of benzene rings is 2. The van der Waals surface area contributed by atoms with Gasteiger partial charge in [-0.3, -0.25) is 9.36 Å². The van der Waals surface area contributed by atoms with E-state index in [-0.39, 0.29) is 12.2 Å². The molecule has 0 unspecified atom stereocenters. The second-order valence-electron chi connectivity index (χ2n) is 8.32. The predicted molar refractivity (Wildman–Crippen MR) is 147 cm³/mol. The lowest BCUT2D eigenvalue weighted by atomic mass is 9.95. The number of hydrogen-bond donors (Lipinski definition) is 0. The number of hydrogen-bond acceptors (Lipinski definition) is 8. The van der Waals surface area contributed by atoms with E-state index >= 15 is 0 Å². The number of methoxy groups -OCH3 is 1. The van der Waals surface area contributed by atoms with Crippen LogP contribution in [0.3, 0.4) is 0 Å². The average Bonchev–Trinajstić information content (AvgIpc) is 3.21. The minimum absolute atomic E-state index is 0.196. The number of aromatic nitrogens is 1. The van der Waals surface area contributed by atoms with Crippen LogP contribution in [0.25, 0.3) is 6.08 Å². The molecule has 1 aliphatic rings. The van der Waals surface area contributed by atoms with Gasteiger partial charge < -0.3 is 18.9 Å². The lowest BCUT2D eigenvalue weighted by molar-refractivity contribution is -0.139. The van der Waals surface area contributed by atoms with Crippen molar-refractivity contribution in [1.29, 1.82) is 0 Å². The highest BCUT2D eigenvalue weighted by atomic mass is 32.1. The SMILES string of the molecule is C=CCOc1ccc([C@@H]2C(C(=O)OCC)=C(C)N=c3s/c(=C/c4cccc(OC)c4)c(=O)n32)cc1OCC. The maximum atomic E-state index is 13.8. The standard InChI is InChI=1S/C29H30N2O6S/c1-6-14-37-22-13-12-20(17-23(22)35-7-2)26-25(28(33)36-8-3)18(4)30-29-31(26)27(32)24(38-29)16-19-10-9-11-21(15-19)34-5/h6,9-13,15-17,26H,1,7-8,14H2,2-5H3/b24-16+/t26-/m1/s1. The van der Waals surface area contributed by atoms with Crippen LogP contribution in [0.5, 0.6) is 17.2 Å². The second-order valence-corrected chi connectivity index (χ2v) is 9.33. The Morgan fingerprint density at radius 1 is 1.13 bits per heavy atom. The third-order valence-electron chi connectivity index (χ3n) is 5.85. The number of fused-ring (bicyclic) bond motifs is 1. The number of thiazole rings is 1. The van der Waals surface area contributed by atoms with Crippen molar-refractivity contribution in [3.63, 3.8) is 0 Å². The lowest BCUT2D eigenvalue weighted by Gasteiger charge is -2.25. The number of rotatable bonds is 10. The molecular formula is C29H30N2O6S. The average molecular weight is 535 g/mol. The fourth-order valence-electron chi connectivity index (χ4n) is 4.22. The summed E-state index contributed by atoms with van der Waals surface area (Å²) in [6, 6.07) is 12.1. The van der Waals surface area contributed by atoms with E-state index in [2.05, 4.69) is 11.6 Å². The van der Waals surface area contributed by atoms with Gasteiger partial charge in [-0.1, -0.05) is 42.2 Å². The number of ether oxygens (including phenoxy) is 4. The molecule has 0 bridgehead atoms. The van der Waals surface area contributed by atoms with E-state index in [0.29, 0.717) is 56.6 Å². The third-order valence-corrected chi connectivity index (χ3v) is 6.83. The molecule has 0 radical (unpaired) electrons. The van der Waals surface area contributed by atoms with Crippen molar-refractivity contribution in [2.24, 2.45) is 4.99 Å². The second kappa shape index (κ2) is 12.0. The first-order chi connectivity index (χ1) is 18.4. The van der Waals surface area contributed by atoms with Gasteiger partial charge in [-0.2, -0.15) is 0 Å². The monoisotopic (exact) mass is 534 g/mol. The van der Waals surface area contributed by atoms with Gasteiger partial charge in [0.15, 0.2) is 16.3 Å². The summed E-state index contributed by atoms with van der Waals surface area (Å²) in [6.45, 7) is 9.98. The van der Waals surface area contributed by atoms with Crippen molar-refractivity contribution < 1.29 is 23.7 Å². The largest absolute Gasteiger partial charge is 0.497 e. The molecule has 38 heavy (non-hydrogen) atoms. The van der Waals surface area contributed by atoms with Crippen molar-refractivity contribution in [3.8, 4) is 17.2 Å². The summed E-state index contributed by atoms with van der Waals surface area (Å²) in [6.07, 6.45) is 3.44. The zero-order valence-electron chi connectivity index (χ0n) is 21.9. The van der Waals surface area contributed by atoms with Crippen molar-refractivity contribution in [2.75, 3.05) is 26.9 Å². The van der Waals surface area contributed by atoms with Gasteiger partial charge in [0.05, 0.1) is 42.2 Å². The van der Waals surface area contributed by atoms with Gasteiger partial charge in [-0.15, -0.1) is 0 Å². The van der Waals surface area contributed by atoms with Crippen LogP contribution < -0.4 is 29.1 Å². The van der Waals surface area contributed by atoms with E-state index in [1.54, 1.807) is 49.8 Å². The molecule has 2 heterocycles.